The molecule has 5 aromatic rings. The molecule has 3 aromatic carbocycles. The first-order valence-corrected chi connectivity index (χ1v) is 11.9. The van der Waals surface area contributed by atoms with Gasteiger partial charge in [-0.2, -0.15) is 0 Å². The van der Waals surface area contributed by atoms with Crippen LogP contribution < -0.4 is 0 Å². The highest BCUT2D eigenvalue weighted by Crippen LogP contribution is 2.35. The van der Waals surface area contributed by atoms with Crippen LogP contribution in [-0.4, -0.2) is 30.7 Å². The number of fused-ring (bicyclic) bond motifs is 2. The van der Waals surface area contributed by atoms with Crippen molar-refractivity contribution in [2.75, 3.05) is 0 Å². The summed E-state index contributed by atoms with van der Waals surface area (Å²) in [6.07, 6.45) is 1.49. The summed E-state index contributed by atoms with van der Waals surface area (Å²) in [5.41, 5.74) is 3.69. The number of para-hydroxylation sites is 1. The number of aryl methyl sites for hydroxylation is 1. The van der Waals surface area contributed by atoms with Crippen LogP contribution in [0.5, 0.6) is 0 Å². The van der Waals surface area contributed by atoms with Crippen LogP contribution in [0.4, 0.5) is 5.69 Å². The van der Waals surface area contributed by atoms with Crippen molar-refractivity contribution in [2.45, 2.75) is 0 Å². The molecular formula is C28H15Cl2N5O2. The van der Waals surface area contributed by atoms with E-state index in [1.807, 2.05) is 58.6 Å². The van der Waals surface area contributed by atoms with E-state index in [0.717, 1.165) is 11.3 Å². The summed E-state index contributed by atoms with van der Waals surface area (Å²) in [5, 5.41) is 0.418. The van der Waals surface area contributed by atoms with Gasteiger partial charge in [-0.3, -0.25) is 14.2 Å². The summed E-state index contributed by atoms with van der Waals surface area (Å²) >= 11 is 12.2. The second kappa shape index (κ2) is 8.56. The topological polar surface area (TPSA) is 74.1 Å². The molecule has 37 heavy (non-hydrogen) atoms. The predicted molar refractivity (Wildman–Crippen MR) is 143 cm³/mol. The number of benzene rings is 3. The molecule has 1 aliphatic rings. The van der Waals surface area contributed by atoms with E-state index in [1.54, 1.807) is 12.1 Å². The molecule has 0 saturated carbocycles. The molecule has 0 spiro atoms. The zero-order chi connectivity index (χ0) is 25.8. The van der Waals surface area contributed by atoms with Crippen molar-refractivity contribution in [3.05, 3.63) is 111 Å². The zero-order valence-electron chi connectivity index (χ0n) is 19.2. The van der Waals surface area contributed by atoms with Crippen molar-refractivity contribution in [3.8, 4) is 17.1 Å². The molecule has 6 rings (SSSR count). The third-order valence-electron chi connectivity index (χ3n) is 6.29. The van der Waals surface area contributed by atoms with Crippen LogP contribution in [-0.2, 0) is 7.05 Å². The van der Waals surface area contributed by atoms with Crippen LogP contribution in [0.3, 0.4) is 0 Å². The van der Waals surface area contributed by atoms with E-state index >= 15 is 0 Å². The number of nitrogens with zero attached hydrogens (tertiary/aromatic N) is 5. The smallest absolute Gasteiger partial charge is 0.197 e. The maximum absolute atomic E-state index is 13.2. The third-order valence-corrected chi connectivity index (χ3v) is 7.01. The van der Waals surface area contributed by atoms with E-state index in [0.29, 0.717) is 28.6 Å². The van der Waals surface area contributed by atoms with Gasteiger partial charge in [0, 0.05) is 29.4 Å². The number of imidazole rings is 2. The molecule has 0 bridgehead atoms. The highest BCUT2D eigenvalue weighted by Gasteiger charge is 2.35. The Morgan fingerprint density at radius 2 is 1.49 bits per heavy atom. The Kier molecular flexibility index (Phi) is 5.30. The van der Waals surface area contributed by atoms with Crippen LogP contribution in [0.25, 0.3) is 39.3 Å². The van der Waals surface area contributed by atoms with Crippen LogP contribution >= 0.6 is 23.2 Å². The van der Waals surface area contributed by atoms with E-state index in [4.69, 9.17) is 39.7 Å². The van der Waals surface area contributed by atoms with Crippen molar-refractivity contribution in [1.29, 1.82) is 0 Å². The summed E-state index contributed by atoms with van der Waals surface area (Å²) in [6, 6.07) is 19.5. The molecule has 178 valence electrons. The minimum atomic E-state index is -0.432. The standard InChI is InChI=1S/C28H15Cl2N5O2/c1-31-16-10-8-15(9-11-16)26-33-28-27(34(26)2)32-23(35(28)17-6-4-3-5-7-17)14-20-24(36)18-12-21(29)22(30)13-19(18)25(20)37/h3-14H,2H3. The van der Waals surface area contributed by atoms with Gasteiger partial charge in [-0.1, -0.05) is 65.7 Å². The SMILES string of the molecule is [C-]#[N+]c1ccc(-c2nc3c(nc(C=C4C(=O)c5cc(Cl)c(Cl)cc5C4=O)n3-c3ccccc3)n2C)cc1. The minimum absolute atomic E-state index is 0.0178. The normalized spacial score (nSPS) is 12.8. The van der Waals surface area contributed by atoms with Gasteiger partial charge in [0.2, 0.25) is 0 Å². The van der Waals surface area contributed by atoms with Crippen LogP contribution in [0.15, 0.2) is 72.3 Å². The molecule has 7 nitrogen and oxygen atoms in total. The van der Waals surface area contributed by atoms with Gasteiger partial charge in [-0.15, -0.1) is 0 Å². The second-order valence-corrected chi connectivity index (χ2v) is 9.28. The maximum atomic E-state index is 13.2. The lowest BCUT2D eigenvalue weighted by atomic mass is 10.1. The predicted octanol–water partition coefficient (Wildman–Crippen LogP) is 6.75. The monoisotopic (exact) mass is 523 g/mol. The molecule has 9 heteroatoms. The highest BCUT2D eigenvalue weighted by molar-refractivity contribution is 6.46. The van der Waals surface area contributed by atoms with Gasteiger partial charge in [-0.25, -0.2) is 14.8 Å². The van der Waals surface area contributed by atoms with Crippen LogP contribution in [0.1, 0.15) is 26.5 Å². The van der Waals surface area contributed by atoms with E-state index in [1.165, 1.54) is 18.2 Å². The summed E-state index contributed by atoms with van der Waals surface area (Å²) in [6.45, 7) is 7.18. The number of hydrogen-bond acceptors (Lipinski definition) is 4. The summed E-state index contributed by atoms with van der Waals surface area (Å²) < 4.78 is 3.65. The van der Waals surface area contributed by atoms with E-state index in [2.05, 4.69) is 4.85 Å². The van der Waals surface area contributed by atoms with E-state index < -0.39 is 11.6 Å². The van der Waals surface area contributed by atoms with E-state index in [9.17, 15) is 9.59 Å². The third kappa shape index (κ3) is 3.58. The van der Waals surface area contributed by atoms with Crippen molar-refractivity contribution >= 4 is 57.8 Å². The summed E-state index contributed by atoms with van der Waals surface area (Å²) in [7, 11) is 1.85. The van der Waals surface area contributed by atoms with Gasteiger partial charge in [0.25, 0.3) is 0 Å². The number of Topliss-reactive ketones (excluding diaryl/α,β-unsaturated/α-hetero) is 2. The highest BCUT2D eigenvalue weighted by atomic mass is 35.5. The lowest BCUT2D eigenvalue weighted by Gasteiger charge is -2.06. The number of carbonyl (C=O) groups is 2. The van der Waals surface area contributed by atoms with Crippen LogP contribution in [0.2, 0.25) is 10.0 Å². The van der Waals surface area contributed by atoms with Gasteiger partial charge in [-0.05, 0) is 30.3 Å². The van der Waals surface area contributed by atoms with Crippen molar-refractivity contribution in [2.24, 2.45) is 7.05 Å². The number of hydrogen-bond donors (Lipinski definition) is 0. The molecule has 0 fully saturated rings. The number of aromatic nitrogens is 4. The number of carbonyl (C=O) groups excluding carboxylic acids is 2. The fourth-order valence-corrected chi connectivity index (χ4v) is 4.79. The molecule has 0 atom stereocenters. The number of allylic oxidation sites excluding steroid dienone is 1. The van der Waals surface area contributed by atoms with Crippen molar-refractivity contribution < 1.29 is 9.59 Å². The lowest BCUT2D eigenvalue weighted by molar-refractivity contribution is 0.0990. The summed E-state index contributed by atoms with van der Waals surface area (Å²) in [4.78, 5) is 39.4. The Labute approximate surface area is 221 Å². The molecule has 2 aromatic heterocycles. The van der Waals surface area contributed by atoms with E-state index in [-0.39, 0.29) is 26.7 Å². The molecule has 0 radical (unpaired) electrons. The average Bonchev–Trinajstić information content (AvgIpc) is 3.50. The number of rotatable bonds is 3. The fraction of sp³-hybridized carbons (Fsp3) is 0.0357. The molecular weight excluding hydrogens is 509 g/mol. The fourth-order valence-electron chi connectivity index (χ4n) is 4.47. The quantitative estimate of drug-likeness (QED) is 0.149. The van der Waals surface area contributed by atoms with Gasteiger partial charge in [0.05, 0.1) is 22.2 Å². The first-order chi connectivity index (χ1) is 17.9. The zero-order valence-corrected chi connectivity index (χ0v) is 20.7. The molecule has 0 amide bonds. The molecule has 0 N–H and O–H groups in total. The Morgan fingerprint density at radius 1 is 0.865 bits per heavy atom. The van der Waals surface area contributed by atoms with Gasteiger partial charge in [0.1, 0.15) is 11.6 Å². The Morgan fingerprint density at radius 3 is 2.08 bits per heavy atom. The summed E-state index contributed by atoms with van der Waals surface area (Å²) in [5.74, 6) is 0.191. The number of ketones is 2. The Balaban J connectivity index is 1.55. The second-order valence-electron chi connectivity index (χ2n) is 8.47. The van der Waals surface area contributed by atoms with Crippen molar-refractivity contribution in [3.63, 3.8) is 0 Å². The van der Waals surface area contributed by atoms with Gasteiger partial charge in [0.15, 0.2) is 28.5 Å². The molecule has 2 heterocycles. The Bertz CT molecular complexity index is 1800. The van der Waals surface area contributed by atoms with Gasteiger partial charge >= 0.3 is 0 Å². The first-order valence-electron chi connectivity index (χ1n) is 11.2. The average molecular weight is 524 g/mol. The van der Waals surface area contributed by atoms with Crippen LogP contribution in [0, 0.1) is 6.57 Å². The van der Waals surface area contributed by atoms with Crippen molar-refractivity contribution in [1.82, 2.24) is 19.1 Å². The largest absolute Gasteiger partial charge is 0.310 e. The lowest BCUT2D eigenvalue weighted by Crippen LogP contribution is -2.04. The maximum Gasteiger partial charge on any atom is 0.197 e. The Hall–Kier alpha value is -4.51. The van der Waals surface area contributed by atoms with Gasteiger partial charge < -0.3 is 4.57 Å². The molecule has 1 aliphatic carbocycles. The molecule has 0 saturated heterocycles. The molecule has 0 unspecified atom stereocenters. The molecule has 0 aliphatic heterocycles. The minimum Gasteiger partial charge on any atom is -0.310 e. The number of halogens is 2. The first kappa shape index (κ1) is 22.9.